The van der Waals surface area contributed by atoms with E-state index < -0.39 is 5.82 Å². The Hall–Kier alpha value is -1.38. The predicted octanol–water partition coefficient (Wildman–Crippen LogP) is 2.53. The van der Waals surface area contributed by atoms with Crippen LogP contribution in [0, 0.1) is 11.7 Å². The summed E-state index contributed by atoms with van der Waals surface area (Å²) in [6, 6.07) is 4.72. The molecule has 0 bridgehead atoms. The lowest BCUT2D eigenvalue weighted by molar-refractivity contribution is -0.109. The summed E-state index contributed by atoms with van der Waals surface area (Å²) >= 11 is 0. The Labute approximate surface area is 88.1 Å². The SMILES string of the molecule is COc1c(F)cccc1C(C=O)C1CC1. The molecule has 2 nitrogen and oxygen atoms in total. The molecule has 1 aliphatic rings. The van der Waals surface area contributed by atoms with Crippen LogP contribution in [0.2, 0.25) is 0 Å². The zero-order chi connectivity index (χ0) is 10.8. The molecule has 1 aromatic rings. The van der Waals surface area contributed by atoms with Gasteiger partial charge in [-0.1, -0.05) is 12.1 Å². The monoisotopic (exact) mass is 208 g/mol. The Morgan fingerprint density at radius 1 is 1.53 bits per heavy atom. The molecule has 0 saturated heterocycles. The second-order valence-corrected chi connectivity index (χ2v) is 3.86. The van der Waals surface area contributed by atoms with Gasteiger partial charge in [-0.25, -0.2) is 4.39 Å². The van der Waals surface area contributed by atoms with Crippen molar-refractivity contribution in [2.24, 2.45) is 5.92 Å². The second kappa shape index (κ2) is 4.01. The molecule has 2 rings (SSSR count). The summed E-state index contributed by atoms with van der Waals surface area (Å²) in [5.74, 6) is -0.0298. The fraction of sp³-hybridized carbons (Fsp3) is 0.417. The van der Waals surface area contributed by atoms with Gasteiger partial charge < -0.3 is 9.53 Å². The summed E-state index contributed by atoms with van der Waals surface area (Å²) < 4.78 is 18.4. The van der Waals surface area contributed by atoms with Crippen molar-refractivity contribution >= 4 is 6.29 Å². The third-order valence-corrected chi connectivity index (χ3v) is 2.84. The van der Waals surface area contributed by atoms with E-state index in [2.05, 4.69) is 0 Å². The number of rotatable bonds is 4. The highest BCUT2D eigenvalue weighted by molar-refractivity contribution is 5.65. The van der Waals surface area contributed by atoms with Gasteiger partial charge in [-0.15, -0.1) is 0 Å². The average molecular weight is 208 g/mol. The fourth-order valence-corrected chi connectivity index (χ4v) is 1.90. The quantitative estimate of drug-likeness (QED) is 0.711. The van der Waals surface area contributed by atoms with Gasteiger partial charge >= 0.3 is 0 Å². The maximum Gasteiger partial charge on any atom is 0.165 e. The Morgan fingerprint density at radius 3 is 2.80 bits per heavy atom. The van der Waals surface area contributed by atoms with Crippen LogP contribution in [-0.4, -0.2) is 13.4 Å². The van der Waals surface area contributed by atoms with Gasteiger partial charge in [0.25, 0.3) is 0 Å². The molecule has 0 radical (unpaired) electrons. The first-order chi connectivity index (χ1) is 7.27. The van der Waals surface area contributed by atoms with E-state index in [0.717, 1.165) is 19.1 Å². The normalized spacial score (nSPS) is 17.2. The number of carbonyl (C=O) groups excluding carboxylic acids is 1. The lowest BCUT2D eigenvalue weighted by atomic mass is 9.95. The summed E-state index contributed by atoms with van der Waals surface area (Å²) in [5.41, 5.74) is 0.676. The molecule has 0 N–H and O–H groups in total. The number of ether oxygens (including phenoxy) is 1. The first-order valence-corrected chi connectivity index (χ1v) is 5.05. The highest BCUT2D eigenvalue weighted by Gasteiger charge is 2.34. The zero-order valence-corrected chi connectivity index (χ0v) is 8.57. The van der Waals surface area contributed by atoms with Crippen LogP contribution in [0.15, 0.2) is 18.2 Å². The van der Waals surface area contributed by atoms with Gasteiger partial charge in [0.15, 0.2) is 11.6 Å². The number of halogens is 1. The van der Waals surface area contributed by atoms with E-state index in [1.807, 2.05) is 0 Å². The number of hydrogen-bond donors (Lipinski definition) is 0. The van der Waals surface area contributed by atoms with Crippen LogP contribution in [0.1, 0.15) is 24.3 Å². The smallest absolute Gasteiger partial charge is 0.165 e. The maximum absolute atomic E-state index is 13.4. The number of para-hydroxylation sites is 1. The minimum atomic E-state index is -0.400. The molecule has 0 heterocycles. The van der Waals surface area contributed by atoms with Crippen molar-refractivity contribution in [1.29, 1.82) is 0 Å². The number of methoxy groups -OCH3 is 1. The van der Waals surface area contributed by atoms with Crippen LogP contribution in [0.4, 0.5) is 4.39 Å². The van der Waals surface area contributed by atoms with E-state index in [4.69, 9.17) is 4.74 Å². The lowest BCUT2D eigenvalue weighted by Crippen LogP contribution is -2.06. The van der Waals surface area contributed by atoms with Gasteiger partial charge in [0.05, 0.1) is 7.11 Å². The van der Waals surface area contributed by atoms with Crippen LogP contribution in [0.3, 0.4) is 0 Å². The zero-order valence-electron chi connectivity index (χ0n) is 8.57. The van der Waals surface area contributed by atoms with Crippen LogP contribution in [0.5, 0.6) is 5.75 Å². The second-order valence-electron chi connectivity index (χ2n) is 3.86. The van der Waals surface area contributed by atoms with E-state index in [0.29, 0.717) is 11.5 Å². The van der Waals surface area contributed by atoms with Crippen molar-refractivity contribution in [2.75, 3.05) is 7.11 Å². The molecule has 1 aliphatic carbocycles. The maximum atomic E-state index is 13.4. The van der Waals surface area contributed by atoms with E-state index in [9.17, 15) is 9.18 Å². The van der Waals surface area contributed by atoms with Crippen LogP contribution >= 0.6 is 0 Å². The lowest BCUT2D eigenvalue weighted by Gasteiger charge is -2.14. The molecule has 0 aliphatic heterocycles. The Morgan fingerprint density at radius 2 is 2.27 bits per heavy atom. The van der Waals surface area contributed by atoms with Crippen molar-refractivity contribution < 1.29 is 13.9 Å². The van der Waals surface area contributed by atoms with Gasteiger partial charge in [0.1, 0.15) is 6.29 Å². The standard InChI is InChI=1S/C12H13FO2/c1-15-12-9(3-2-4-11(12)13)10(7-14)8-5-6-8/h2-4,7-8,10H,5-6H2,1H3. The number of benzene rings is 1. The molecule has 0 aromatic heterocycles. The summed E-state index contributed by atoms with van der Waals surface area (Å²) in [4.78, 5) is 11.0. The molecular weight excluding hydrogens is 195 g/mol. The summed E-state index contributed by atoms with van der Waals surface area (Å²) in [6.45, 7) is 0. The van der Waals surface area contributed by atoms with Crippen molar-refractivity contribution in [3.63, 3.8) is 0 Å². The fourth-order valence-electron chi connectivity index (χ4n) is 1.90. The van der Waals surface area contributed by atoms with E-state index in [1.165, 1.54) is 13.2 Å². The molecule has 0 amide bonds. The van der Waals surface area contributed by atoms with Gasteiger partial charge in [0.2, 0.25) is 0 Å². The molecule has 1 saturated carbocycles. The van der Waals surface area contributed by atoms with Gasteiger partial charge in [-0.3, -0.25) is 0 Å². The Kier molecular flexibility index (Phi) is 2.71. The minimum Gasteiger partial charge on any atom is -0.493 e. The first kappa shape index (κ1) is 10.1. The van der Waals surface area contributed by atoms with E-state index in [1.54, 1.807) is 12.1 Å². The Balaban J connectivity index is 2.40. The third-order valence-electron chi connectivity index (χ3n) is 2.84. The minimum absolute atomic E-state index is 0.210. The van der Waals surface area contributed by atoms with Crippen LogP contribution in [-0.2, 0) is 4.79 Å². The Bertz CT molecular complexity index is 372. The van der Waals surface area contributed by atoms with Crippen molar-refractivity contribution in [2.45, 2.75) is 18.8 Å². The van der Waals surface area contributed by atoms with Gasteiger partial charge in [-0.2, -0.15) is 0 Å². The van der Waals surface area contributed by atoms with Gasteiger partial charge in [0, 0.05) is 11.5 Å². The van der Waals surface area contributed by atoms with E-state index in [-0.39, 0.29) is 11.7 Å². The highest BCUT2D eigenvalue weighted by atomic mass is 19.1. The molecule has 3 heteroatoms. The number of carbonyl (C=O) groups is 1. The summed E-state index contributed by atoms with van der Waals surface area (Å²) in [6.07, 6.45) is 2.99. The molecule has 80 valence electrons. The first-order valence-electron chi connectivity index (χ1n) is 5.05. The van der Waals surface area contributed by atoms with Gasteiger partial charge in [-0.05, 0) is 24.8 Å². The number of hydrogen-bond acceptors (Lipinski definition) is 2. The largest absolute Gasteiger partial charge is 0.493 e. The predicted molar refractivity (Wildman–Crippen MR) is 54.5 cm³/mol. The summed E-state index contributed by atoms with van der Waals surface area (Å²) in [7, 11) is 1.43. The highest BCUT2D eigenvalue weighted by Crippen LogP contribution is 2.44. The molecule has 0 spiro atoms. The molecule has 15 heavy (non-hydrogen) atoms. The van der Waals surface area contributed by atoms with E-state index >= 15 is 0 Å². The van der Waals surface area contributed by atoms with Crippen molar-refractivity contribution in [1.82, 2.24) is 0 Å². The molecule has 1 fully saturated rings. The molecule has 1 aromatic carbocycles. The summed E-state index contributed by atoms with van der Waals surface area (Å²) in [5, 5.41) is 0. The third kappa shape index (κ3) is 1.87. The van der Waals surface area contributed by atoms with Crippen molar-refractivity contribution in [3.8, 4) is 5.75 Å². The topological polar surface area (TPSA) is 26.3 Å². The van der Waals surface area contributed by atoms with Crippen LogP contribution < -0.4 is 4.74 Å². The van der Waals surface area contributed by atoms with Crippen molar-refractivity contribution in [3.05, 3.63) is 29.6 Å². The number of aldehydes is 1. The van der Waals surface area contributed by atoms with Crippen LogP contribution in [0.25, 0.3) is 0 Å². The molecule has 1 atom stereocenters. The molecular formula is C12H13FO2. The molecule has 1 unspecified atom stereocenters. The average Bonchev–Trinajstić information content (AvgIpc) is 3.04.